The first-order valence-corrected chi connectivity index (χ1v) is 7.11. The molecule has 4 nitrogen and oxygen atoms in total. The van der Waals surface area contributed by atoms with Crippen molar-refractivity contribution in [1.82, 2.24) is 10.6 Å². The highest BCUT2D eigenvalue weighted by Gasteiger charge is 2.14. The third-order valence-electron chi connectivity index (χ3n) is 3.41. The maximum absolute atomic E-state index is 11.4. The van der Waals surface area contributed by atoms with E-state index in [2.05, 4.69) is 39.8 Å². The summed E-state index contributed by atoms with van der Waals surface area (Å²) in [7, 11) is 0. The minimum absolute atomic E-state index is 0.0566. The summed E-state index contributed by atoms with van der Waals surface area (Å²) in [4.78, 5) is 13.8. The molecule has 4 heteroatoms. The third kappa shape index (κ3) is 3.96. The third-order valence-corrected chi connectivity index (χ3v) is 3.41. The van der Waals surface area contributed by atoms with Crippen LogP contribution < -0.4 is 15.5 Å². The Balaban J connectivity index is 1.90. The molecule has 0 bridgehead atoms. The number of carbonyl (C=O) groups excluding carboxylic acids is 1. The number of rotatable bonds is 6. The number of para-hydroxylation sites is 1. The second-order valence-corrected chi connectivity index (χ2v) is 4.88. The Morgan fingerprint density at radius 2 is 2.00 bits per heavy atom. The number of benzene rings is 1. The fourth-order valence-electron chi connectivity index (χ4n) is 2.50. The Morgan fingerprint density at radius 1 is 1.26 bits per heavy atom. The molecule has 1 saturated heterocycles. The van der Waals surface area contributed by atoms with Crippen LogP contribution in [0.15, 0.2) is 24.3 Å². The zero-order chi connectivity index (χ0) is 13.5. The van der Waals surface area contributed by atoms with Crippen molar-refractivity contribution in [1.29, 1.82) is 0 Å². The van der Waals surface area contributed by atoms with Crippen LogP contribution in [0.4, 0.5) is 5.69 Å². The summed E-state index contributed by atoms with van der Waals surface area (Å²) in [6, 6.07) is 8.45. The SMILES string of the molecule is CCNC(=O)CNCc1ccccc1N1CCCC1. The second kappa shape index (κ2) is 7.14. The highest BCUT2D eigenvalue weighted by molar-refractivity contribution is 5.77. The van der Waals surface area contributed by atoms with Gasteiger partial charge in [-0.25, -0.2) is 0 Å². The van der Waals surface area contributed by atoms with E-state index in [-0.39, 0.29) is 5.91 Å². The summed E-state index contributed by atoms with van der Waals surface area (Å²) < 4.78 is 0. The highest BCUT2D eigenvalue weighted by Crippen LogP contribution is 2.24. The molecule has 104 valence electrons. The van der Waals surface area contributed by atoms with Gasteiger partial charge in [-0.3, -0.25) is 4.79 Å². The first-order valence-electron chi connectivity index (χ1n) is 7.11. The van der Waals surface area contributed by atoms with Crippen molar-refractivity contribution in [2.75, 3.05) is 31.1 Å². The van der Waals surface area contributed by atoms with Crippen molar-refractivity contribution in [3.05, 3.63) is 29.8 Å². The molecule has 0 aromatic heterocycles. The van der Waals surface area contributed by atoms with Gasteiger partial charge in [0.25, 0.3) is 0 Å². The van der Waals surface area contributed by atoms with Crippen molar-refractivity contribution in [2.24, 2.45) is 0 Å². The topological polar surface area (TPSA) is 44.4 Å². The van der Waals surface area contributed by atoms with Gasteiger partial charge in [0.15, 0.2) is 0 Å². The Bertz CT molecular complexity index is 414. The van der Waals surface area contributed by atoms with Crippen LogP contribution in [0.25, 0.3) is 0 Å². The predicted octanol–water partition coefficient (Wildman–Crippen LogP) is 1.51. The van der Waals surface area contributed by atoms with Crippen molar-refractivity contribution in [3.63, 3.8) is 0 Å². The molecule has 1 aliphatic rings. The van der Waals surface area contributed by atoms with Crippen LogP contribution in [0, 0.1) is 0 Å². The van der Waals surface area contributed by atoms with Crippen molar-refractivity contribution >= 4 is 11.6 Å². The maximum Gasteiger partial charge on any atom is 0.233 e. The van der Waals surface area contributed by atoms with E-state index in [1.807, 2.05) is 6.92 Å². The molecule has 0 spiro atoms. The number of nitrogens with one attached hydrogen (secondary N) is 2. The molecule has 1 amide bonds. The van der Waals surface area contributed by atoms with Crippen LogP contribution in [0.3, 0.4) is 0 Å². The van der Waals surface area contributed by atoms with Crippen LogP contribution in [-0.2, 0) is 11.3 Å². The van der Waals surface area contributed by atoms with E-state index >= 15 is 0 Å². The monoisotopic (exact) mass is 261 g/mol. The molecule has 1 fully saturated rings. The number of nitrogens with zero attached hydrogens (tertiary/aromatic N) is 1. The lowest BCUT2D eigenvalue weighted by molar-refractivity contribution is -0.120. The number of amides is 1. The second-order valence-electron chi connectivity index (χ2n) is 4.88. The summed E-state index contributed by atoms with van der Waals surface area (Å²) in [5.41, 5.74) is 2.58. The van der Waals surface area contributed by atoms with Gasteiger partial charge in [-0.2, -0.15) is 0 Å². The van der Waals surface area contributed by atoms with Crippen molar-refractivity contribution < 1.29 is 4.79 Å². The molecular weight excluding hydrogens is 238 g/mol. The van der Waals surface area contributed by atoms with Crippen LogP contribution in [0.5, 0.6) is 0 Å². The van der Waals surface area contributed by atoms with E-state index in [0.29, 0.717) is 13.1 Å². The maximum atomic E-state index is 11.4. The lowest BCUT2D eigenvalue weighted by Crippen LogP contribution is -2.33. The van der Waals surface area contributed by atoms with Gasteiger partial charge >= 0.3 is 0 Å². The van der Waals surface area contributed by atoms with Gasteiger partial charge < -0.3 is 15.5 Å². The normalized spacial score (nSPS) is 14.7. The molecule has 2 rings (SSSR count). The molecular formula is C15H23N3O. The van der Waals surface area contributed by atoms with Crippen LogP contribution >= 0.6 is 0 Å². The fourth-order valence-corrected chi connectivity index (χ4v) is 2.50. The van der Waals surface area contributed by atoms with Gasteiger partial charge in [0.2, 0.25) is 5.91 Å². The van der Waals surface area contributed by atoms with Gasteiger partial charge in [0, 0.05) is 31.9 Å². The molecule has 1 heterocycles. The summed E-state index contributed by atoms with van der Waals surface area (Å²) >= 11 is 0. The van der Waals surface area contributed by atoms with Gasteiger partial charge in [0.05, 0.1) is 6.54 Å². The van der Waals surface area contributed by atoms with E-state index in [1.165, 1.54) is 24.1 Å². The Hall–Kier alpha value is -1.55. The highest BCUT2D eigenvalue weighted by atomic mass is 16.1. The summed E-state index contributed by atoms with van der Waals surface area (Å²) in [6.45, 7) is 6.03. The molecule has 0 aliphatic carbocycles. The quantitative estimate of drug-likeness (QED) is 0.816. The van der Waals surface area contributed by atoms with E-state index < -0.39 is 0 Å². The Morgan fingerprint density at radius 3 is 2.74 bits per heavy atom. The van der Waals surface area contributed by atoms with Gasteiger partial charge in [-0.05, 0) is 31.4 Å². The zero-order valence-electron chi connectivity index (χ0n) is 11.6. The lowest BCUT2D eigenvalue weighted by Gasteiger charge is -2.21. The first kappa shape index (κ1) is 13.9. The van der Waals surface area contributed by atoms with Crippen molar-refractivity contribution in [3.8, 4) is 0 Å². The van der Waals surface area contributed by atoms with E-state index in [0.717, 1.165) is 19.6 Å². The first-order chi connectivity index (χ1) is 9.31. The average Bonchev–Trinajstić information content (AvgIpc) is 2.93. The van der Waals surface area contributed by atoms with E-state index in [9.17, 15) is 4.79 Å². The van der Waals surface area contributed by atoms with E-state index in [1.54, 1.807) is 0 Å². The smallest absolute Gasteiger partial charge is 0.233 e. The Kier molecular flexibility index (Phi) is 5.21. The number of hydrogen-bond acceptors (Lipinski definition) is 3. The van der Waals surface area contributed by atoms with E-state index in [4.69, 9.17) is 0 Å². The number of anilines is 1. The molecule has 0 atom stereocenters. The predicted molar refractivity (Wildman–Crippen MR) is 78.3 cm³/mol. The molecule has 0 saturated carbocycles. The lowest BCUT2D eigenvalue weighted by atomic mass is 10.1. The molecule has 1 aliphatic heterocycles. The summed E-state index contributed by atoms with van der Waals surface area (Å²) in [5, 5.41) is 6.00. The standard InChI is InChI=1S/C15H23N3O/c1-2-17-15(19)12-16-11-13-7-3-4-8-14(13)18-9-5-6-10-18/h3-4,7-8,16H,2,5-6,9-12H2,1H3,(H,17,19). The average molecular weight is 261 g/mol. The molecule has 0 unspecified atom stereocenters. The van der Waals surface area contributed by atoms with Crippen LogP contribution in [-0.4, -0.2) is 32.1 Å². The summed E-state index contributed by atoms with van der Waals surface area (Å²) in [5.74, 6) is 0.0566. The van der Waals surface area contributed by atoms with Gasteiger partial charge in [-0.15, -0.1) is 0 Å². The largest absolute Gasteiger partial charge is 0.371 e. The van der Waals surface area contributed by atoms with Crippen molar-refractivity contribution in [2.45, 2.75) is 26.3 Å². The zero-order valence-corrected chi connectivity index (χ0v) is 11.6. The molecule has 2 N–H and O–H groups in total. The van der Waals surface area contributed by atoms with Gasteiger partial charge in [-0.1, -0.05) is 18.2 Å². The number of hydrogen-bond donors (Lipinski definition) is 2. The minimum atomic E-state index is 0.0566. The van der Waals surface area contributed by atoms with Crippen LogP contribution in [0.2, 0.25) is 0 Å². The molecule has 19 heavy (non-hydrogen) atoms. The number of carbonyl (C=O) groups is 1. The number of likely N-dealkylation sites (N-methyl/N-ethyl adjacent to an activating group) is 1. The van der Waals surface area contributed by atoms with Gasteiger partial charge in [0.1, 0.15) is 0 Å². The Labute approximate surface area is 115 Å². The summed E-state index contributed by atoms with van der Waals surface area (Å²) in [6.07, 6.45) is 2.56. The molecule has 1 aromatic rings. The van der Waals surface area contributed by atoms with Crippen LogP contribution in [0.1, 0.15) is 25.3 Å². The molecule has 0 radical (unpaired) electrons. The molecule has 1 aromatic carbocycles. The minimum Gasteiger partial charge on any atom is -0.371 e. The fraction of sp³-hybridized carbons (Fsp3) is 0.533.